The Kier molecular flexibility index (Phi) is 5.64. The third-order valence-corrected chi connectivity index (χ3v) is 4.80. The van der Waals surface area contributed by atoms with Crippen LogP contribution in [0.15, 0.2) is 39.8 Å². The Morgan fingerprint density at radius 1 is 1.41 bits per heavy atom. The summed E-state index contributed by atoms with van der Waals surface area (Å²) < 4.78 is 47.4. The van der Waals surface area contributed by atoms with Crippen LogP contribution in [0.2, 0.25) is 0 Å². The highest BCUT2D eigenvalue weighted by molar-refractivity contribution is 14.1. The molecule has 0 amide bonds. The van der Waals surface area contributed by atoms with E-state index in [0.717, 1.165) is 0 Å². The van der Waals surface area contributed by atoms with E-state index in [9.17, 15) is 12.8 Å². The van der Waals surface area contributed by atoms with Crippen LogP contribution in [0, 0.1) is 3.70 Å². The molecule has 1 heterocycles. The molecule has 0 radical (unpaired) electrons. The van der Waals surface area contributed by atoms with Gasteiger partial charge in [-0.1, -0.05) is 12.1 Å². The molecule has 0 N–H and O–H groups in total. The second-order valence-corrected chi connectivity index (χ2v) is 6.97. The van der Waals surface area contributed by atoms with Gasteiger partial charge in [0.2, 0.25) is 0 Å². The molecular weight excluding hydrogens is 424 g/mol. The van der Waals surface area contributed by atoms with Crippen LogP contribution < -0.4 is 0 Å². The topological polar surface area (TPSA) is 73.6 Å². The van der Waals surface area contributed by atoms with E-state index >= 15 is 0 Å². The number of hydrogen-bond donors (Lipinski definition) is 0. The average molecular weight is 437 g/mol. The van der Waals surface area contributed by atoms with Gasteiger partial charge in [-0.3, -0.25) is 0 Å². The second kappa shape index (κ2) is 7.29. The SMILES string of the molecule is COCn1cc(C=NS(=O)(=O)c2ccc(CF)cc2)c(I)n1. The van der Waals surface area contributed by atoms with Gasteiger partial charge < -0.3 is 4.74 Å². The Hall–Kier alpha value is -1.33. The van der Waals surface area contributed by atoms with Gasteiger partial charge in [-0.2, -0.15) is 17.9 Å². The summed E-state index contributed by atoms with van der Waals surface area (Å²) in [4.78, 5) is 0.0141. The average Bonchev–Trinajstić information content (AvgIpc) is 2.86. The number of methoxy groups -OCH3 is 1. The molecule has 0 saturated carbocycles. The fourth-order valence-electron chi connectivity index (χ4n) is 1.64. The summed E-state index contributed by atoms with van der Waals surface area (Å²) in [6, 6.07) is 5.51. The number of rotatable bonds is 6. The lowest BCUT2D eigenvalue weighted by Crippen LogP contribution is -1.99. The van der Waals surface area contributed by atoms with Crippen LogP contribution in [0.25, 0.3) is 0 Å². The number of hydrogen-bond acceptors (Lipinski definition) is 4. The summed E-state index contributed by atoms with van der Waals surface area (Å²) in [6.45, 7) is -0.373. The minimum Gasteiger partial charge on any atom is -0.362 e. The van der Waals surface area contributed by atoms with Crippen LogP contribution in [0.3, 0.4) is 0 Å². The van der Waals surface area contributed by atoms with Gasteiger partial charge in [0.15, 0.2) is 0 Å². The number of ether oxygens (including phenoxy) is 1. The van der Waals surface area contributed by atoms with E-state index in [1.807, 2.05) is 22.6 Å². The third kappa shape index (κ3) is 4.11. The highest BCUT2D eigenvalue weighted by Crippen LogP contribution is 2.15. The molecule has 22 heavy (non-hydrogen) atoms. The molecule has 0 aliphatic rings. The van der Waals surface area contributed by atoms with Crippen molar-refractivity contribution in [3.05, 3.63) is 45.3 Å². The molecule has 1 aromatic heterocycles. The van der Waals surface area contributed by atoms with Crippen molar-refractivity contribution in [2.75, 3.05) is 7.11 Å². The van der Waals surface area contributed by atoms with Crippen molar-refractivity contribution in [2.45, 2.75) is 18.3 Å². The maximum Gasteiger partial charge on any atom is 0.282 e. The molecule has 1 aromatic carbocycles. The van der Waals surface area contributed by atoms with Gasteiger partial charge in [-0.25, -0.2) is 9.07 Å². The zero-order chi connectivity index (χ0) is 16.2. The lowest BCUT2D eigenvalue weighted by atomic mass is 10.2. The highest BCUT2D eigenvalue weighted by atomic mass is 127. The lowest BCUT2D eigenvalue weighted by Gasteiger charge is -1.99. The first-order valence-electron chi connectivity index (χ1n) is 6.13. The zero-order valence-corrected chi connectivity index (χ0v) is 14.6. The Labute approximate surface area is 141 Å². The van der Waals surface area contributed by atoms with Gasteiger partial charge in [-0.15, -0.1) is 0 Å². The minimum atomic E-state index is -3.83. The van der Waals surface area contributed by atoms with Crippen LogP contribution in [-0.4, -0.2) is 31.5 Å². The number of sulfonamides is 1. The normalized spacial score (nSPS) is 12.1. The van der Waals surface area contributed by atoms with Crippen molar-refractivity contribution >= 4 is 38.8 Å². The molecule has 0 atom stereocenters. The quantitative estimate of drug-likeness (QED) is 0.514. The van der Waals surface area contributed by atoms with Crippen molar-refractivity contribution in [3.8, 4) is 0 Å². The number of halogens is 2. The van der Waals surface area contributed by atoms with E-state index in [1.54, 1.807) is 6.20 Å². The van der Waals surface area contributed by atoms with Crippen LogP contribution in [-0.2, 0) is 28.2 Å². The molecule has 0 unspecified atom stereocenters. The Balaban J connectivity index is 2.23. The first kappa shape index (κ1) is 17.0. The van der Waals surface area contributed by atoms with Gasteiger partial charge in [-0.05, 0) is 40.3 Å². The van der Waals surface area contributed by atoms with Gasteiger partial charge in [0.05, 0.1) is 11.1 Å². The zero-order valence-electron chi connectivity index (χ0n) is 11.6. The Bertz CT molecular complexity index is 772. The first-order chi connectivity index (χ1) is 10.5. The number of aromatic nitrogens is 2. The van der Waals surface area contributed by atoms with Crippen molar-refractivity contribution < 1.29 is 17.5 Å². The molecule has 2 aromatic rings. The third-order valence-electron chi connectivity index (χ3n) is 2.71. The molecular formula is C13H13FIN3O3S. The minimum absolute atomic E-state index is 0.0141. The molecule has 0 aliphatic heterocycles. The van der Waals surface area contributed by atoms with Crippen LogP contribution in [0.5, 0.6) is 0 Å². The molecule has 118 valence electrons. The predicted octanol–water partition coefficient (Wildman–Crippen LogP) is 2.37. The standard InChI is InChI=1S/C13H13FIN3O3S/c1-21-9-18-8-11(13(15)17-18)7-16-22(19,20)12-4-2-10(6-14)3-5-12/h2-5,7-8H,6,9H2,1H3. The van der Waals surface area contributed by atoms with Crippen molar-refractivity contribution in [3.63, 3.8) is 0 Å². The largest absolute Gasteiger partial charge is 0.362 e. The summed E-state index contributed by atoms with van der Waals surface area (Å²) in [6.07, 6.45) is 2.87. The van der Waals surface area contributed by atoms with E-state index in [0.29, 0.717) is 14.8 Å². The number of alkyl halides is 1. The van der Waals surface area contributed by atoms with Crippen molar-refractivity contribution in [2.24, 2.45) is 4.40 Å². The molecule has 0 fully saturated rings. The fourth-order valence-corrected chi connectivity index (χ4v) is 3.05. The highest BCUT2D eigenvalue weighted by Gasteiger charge is 2.12. The number of nitrogens with zero attached hydrogens (tertiary/aromatic N) is 3. The second-order valence-electron chi connectivity index (χ2n) is 4.32. The van der Waals surface area contributed by atoms with E-state index in [1.165, 1.54) is 42.3 Å². The summed E-state index contributed by atoms with van der Waals surface area (Å²) in [5.41, 5.74) is 0.986. The molecule has 0 aliphatic carbocycles. The Morgan fingerprint density at radius 3 is 2.68 bits per heavy atom. The summed E-state index contributed by atoms with van der Waals surface area (Å²) >= 11 is 1.98. The first-order valence-corrected chi connectivity index (χ1v) is 8.65. The van der Waals surface area contributed by atoms with Crippen molar-refractivity contribution in [1.82, 2.24) is 9.78 Å². The summed E-state index contributed by atoms with van der Waals surface area (Å²) in [7, 11) is -2.29. The Morgan fingerprint density at radius 2 is 2.09 bits per heavy atom. The molecule has 0 bridgehead atoms. The van der Waals surface area contributed by atoms with E-state index < -0.39 is 16.7 Å². The predicted molar refractivity (Wildman–Crippen MR) is 88.0 cm³/mol. The van der Waals surface area contributed by atoms with E-state index in [4.69, 9.17) is 4.74 Å². The van der Waals surface area contributed by atoms with E-state index in [-0.39, 0.29) is 11.6 Å². The van der Waals surface area contributed by atoms with Crippen molar-refractivity contribution in [1.29, 1.82) is 0 Å². The molecule has 0 saturated heterocycles. The van der Waals surface area contributed by atoms with Crippen LogP contribution in [0.1, 0.15) is 11.1 Å². The molecule has 2 rings (SSSR count). The maximum atomic E-state index is 12.4. The van der Waals surface area contributed by atoms with Gasteiger partial charge in [0.25, 0.3) is 10.0 Å². The smallest absolute Gasteiger partial charge is 0.282 e. The molecule has 0 spiro atoms. The summed E-state index contributed by atoms with van der Waals surface area (Å²) in [5.74, 6) is 0. The van der Waals surface area contributed by atoms with E-state index in [2.05, 4.69) is 9.50 Å². The van der Waals surface area contributed by atoms with Crippen LogP contribution >= 0.6 is 22.6 Å². The molecule has 6 nitrogen and oxygen atoms in total. The number of benzene rings is 1. The fraction of sp³-hybridized carbons (Fsp3) is 0.231. The monoisotopic (exact) mass is 437 g/mol. The van der Waals surface area contributed by atoms with Crippen LogP contribution in [0.4, 0.5) is 4.39 Å². The lowest BCUT2D eigenvalue weighted by molar-refractivity contribution is 0.120. The molecule has 9 heteroatoms. The van der Waals surface area contributed by atoms with Gasteiger partial charge in [0.1, 0.15) is 17.1 Å². The maximum absolute atomic E-state index is 12.4. The van der Waals surface area contributed by atoms with Gasteiger partial charge in [0, 0.05) is 18.9 Å². The van der Waals surface area contributed by atoms with Gasteiger partial charge >= 0.3 is 0 Å². The summed E-state index contributed by atoms with van der Waals surface area (Å²) in [5, 5.41) is 4.15.